The van der Waals surface area contributed by atoms with Crippen LogP contribution in [0.5, 0.6) is 5.75 Å². The first-order valence-electron chi connectivity index (χ1n) is 8.45. The summed E-state index contributed by atoms with van der Waals surface area (Å²) in [5.41, 5.74) is 2.62. The SMILES string of the molecule is COc1ccccc1CNC(=O)C1CC(=O)N(c2ccc(Cl)cc2C)C1. The van der Waals surface area contributed by atoms with Crippen molar-refractivity contribution in [1.82, 2.24) is 5.32 Å². The Morgan fingerprint density at radius 3 is 2.81 bits per heavy atom. The van der Waals surface area contributed by atoms with Crippen LogP contribution in [0.15, 0.2) is 42.5 Å². The van der Waals surface area contributed by atoms with Crippen LogP contribution in [-0.4, -0.2) is 25.5 Å². The van der Waals surface area contributed by atoms with Gasteiger partial charge in [0, 0.05) is 35.8 Å². The standard InChI is InChI=1S/C20H21ClN2O3/c1-13-9-16(21)7-8-17(13)23-12-15(10-19(23)24)20(25)22-11-14-5-3-4-6-18(14)26-2/h3-9,15H,10-12H2,1-2H3,(H,22,25). The Labute approximate surface area is 157 Å². The normalized spacial score (nSPS) is 16.7. The van der Waals surface area contributed by atoms with Gasteiger partial charge in [-0.05, 0) is 36.8 Å². The molecule has 1 heterocycles. The Balaban J connectivity index is 1.65. The smallest absolute Gasteiger partial charge is 0.227 e. The van der Waals surface area contributed by atoms with Gasteiger partial charge in [-0.3, -0.25) is 9.59 Å². The minimum atomic E-state index is -0.368. The van der Waals surface area contributed by atoms with E-state index >= 15 is 0 Å². The van der Waals surface area contributed by atoms with Crippen molar-refractivity contribution in [3.8, 4) is 5.75 Å². The molecule has 1 saturated heterocycles. The Morgan fingerprint density at radius 1 is 1.31 bits per heavy atom. The molecule has 2 amide bonds. The van der Waals surface area contributed by atoms with E-state index in [9.17, 15) is 9.59 Å². The molecule has 1 fully saturated rings. The number of anilines is 1. The van der Waals surface area contributed by atoms with Crippen molar-refractivity contribution < 1.29 is 14.3 Å². The molecular formula is C20H21ClN2O3. The third kappa shape index (κ3) is 3.83. The minimum absolute atomic E-state index is 0.0483. The molecule has 5 nitrogen and oxygen atoms in total. The van der Waals surface area contributed by atoms with E-state index in [4.69, 9.17) is 16.3 Å². The van der Waals surface area contributed by atoms with Gasteiger partial charge in [0.25, 0.3) is 0 Å². The van der Waals surface area contributed by atoms with E-state index in [2.05, 4.69) is 5.32 Å². The van der Waals surface area contributed by atoms with Crippen molar-refractivity contribution >= 4 is 29.1 Å². The molecule has 1 aliphatic heterocycles. The zero-order valence-corrected chi connectivity index (χ0v) is 15.5. The zero-order valence-electron chi connectivity index (χ0n) is 14.8. The van der Waals surface area contributed by atoms with E-state index in [0.29, 0.717) is 18.1 Å². The largest absolute Gasteiger partial charge is 0.496 e. The summed E-state index contributed by atoms with van der Waals surface area (Å²) in [7, 11) is 1.60. The van der Waals surface area contributed by atoms with Crippen molar-refractivity contribution in [2.45, 2.75) is 19.9 Å². The van der Waals surface area contributed by atoms with Crippen molar-refractivity contribution in [3.05, 3.63) is 58.6 Å². The molecule has 1 unspecified atom stereocenters. The average Bonchev–Trinajstić information content (AvgIpc) is 3.01. The van der Waals surface area contributed by atoms with Crippen molar-refractivity contribution in [2.75, 3.05) is 18.6 Å². The molecule has 6 heteroatoms. The molecule has 1 aliphatic rings. The van der Waals surface area contributed by atoms with Gasteiger partial charge in [-0.1, -0.05) is 29.8 Å². The van der Waals surface area contributed by atoms with E-state index < -0.39 is 0 Å². The molecule has 0 spiro atoms. The lowest BCUT2D eigenvalue weighted by atomic mass is 10.1. The zero-order chi connectivity index (χ0) is 18.7. The second-order valence-electron chi connectivity index (χ2n) is 6.37. The van der Waals surface area contributed by atoms with E-state index in [1.54, 1.807) is 18.1 Å². The minimum Gasteiger partial charge on any atom is -0.496 e. The predicted octanol–water partition coefficient (Wildman–Crippen LogP) is 3.33. The predicted molar refractivity (Wildman–Crippen MR) is 101 cm³/mol. The van der Waals surface area contributed by atoms with Gasteiger partial charge >= 0.3 is 0 Å². The summed E-state index contributed by atoms with van der Waals surface area (Å²) in [5.74, 6) is 0.187. The number of halogens is 1. The number of para-hydroxylation sites is 1. The van der Waals surface area contributed by atoms with Gasteiger partial charge in [0.05, 0.1) is 13.0 Å². The van der Waals surface area contributed by atoms with Gasteiger partial charge in [-0.25, -0.2) is 0 Å². The lowest BCUT2D eigenvalue weighted by molar-refractivity contribution is -0.126. The van der Waals surface area contributed by atoms with Crippen LogP contribution in [0.25, 0.3) is 0 Å². The van der Waals surface area contributed by atoms with Crippen molar-refractivity contribution in [3.63, 3.8) is 0 Å². The fraction of sp³-hybridized carbons (Fsp3) is 0.300. The third-order valence-electron chi connectivity index (χ3n) is 4.59. The van der Waals surface area contributed by atoms with Gasteiger partial charge in [0.1, 0.15) is 5.75 Å². The molecule has 0 saturated carbocycles. The molecule has 26 heavy (non-hydrogen) atoms. The molecule has 1 atom stereocenters. The van der Waals surface area contributed by atoms with Gasteiger partial charge in [-0.2, -0.15) is 0 Å². The highest BCUT2D eigenvalue weighted by atomic mass is 35.5. The summed E-state index contributed by atoms with van der Waals surface area (Å²) in [6.45, 7) is 2.65. The Bertz CT molecular complexity index is 838. The summed E-state index contributed by atoms with van der Waals surface area (Å²) in [4.78, 5) is 26.6. The number of amides is 2. The van der Waals surface area contributed by atoms with Crippen LogP contribution in [0.4, 0.5) is 5.69 Å². The van der Waals surface area contributed by atoms with E-state index in [1.807, 2.05) is 43.3 Å². The van der Waals surface area contributed by atoms with Crippen molar-refractivity contribution in [2.24, 2.45) is 5.92 Å². The number of hydrogen-bond acceptors (Lipinski definition) is 3. The van der Waals surface area contributed by atoms with Crippen LogP contribution >= 0.6 is 11.6 Å². The van der Waals surface area contributed by atoms with Crippen LogP contribution in [-0.2, 0) is 16.1 Å². The molecule has 2 aromatic rings. The van der Waals surface area contributed by atoms with Gasteiger partial charge < -0.3 is 15.0 Å². The number of benzene rings is 2. The second-order valence-corrected chi connectivity index (χ2v) is 6.80. The Hall–Kier alpha value is -2.53. The summed E-state index contributed by atoms with van der Waals surface area (Å²) >= 11 is 5.99. The third-order valence-corrected chi connectivity index (χ3v) is 4.83. The summed E-state index contributed by atoms with van der Waals surface area (Å²) < 4.78 is 5.29. The summed E-state index contributed by atoms with van der Waals surface area (Å²) in [6, 6.07) is 12.9. The molecule has 0 aliphatic carbocycles. The number of hydrogen-bond donors (Lipinski definition) is 1. The number of rotatable bonds is 5. The van der Waals surface area contributed by atoms with Crippen molar-refractivity contribution in [1.29, 1.82) is 0 Å². The number of methoxy groups -OCH3 is 1. The van der Waals surface area contributed by atoms with E-state index in [1.165, 1.54) is 0 Å². The topological polar surface area (TPSA) is 58.6 Å². The number of carbonyl (C=O) groups is 2. The highest BCUT2D eigenvalue weighted by molar-refractivity contribution is 6.30. The fourth-order valence-electron chi connectivity index (χ4n) is 3.21. The molecule has 136 valence electrons. The lowest BCUT2D eigenvalue weighted by Gasteiger charge is -2.19. The molecule has 0 bridgehead atoms. The van der Waals surface area contributed by atoms with Crippen LogP contribution in [0.2, 0.25) is 5.02 Å². The molecular weight excluding hydrogens is 352 g/mol. The fourth-order valence-corrected chi connectivity index (χ4v) is 3.44. The van der Waals surface area contributed by atoms with Crippen LogP contribution in [0.3, 0.4) is 0 Å². The van der Waals surface area contributed by atoms with E-state index in [-0.39, 0.29) is 24.2 Å². The van der Waals surface area contributed by atoms with Crippen LogP contribution in [0, 0.1) is 12.8 Å². The highest BCUT2D eigenvalue weighted by Gasteiger charge is 2.35. The number of carbonyl (C=O) groups excluding carboxylic acids is 2. The van der Waals surface area contributed by atoms with Crippen LogP contribution < -0.4 is 15.0 Å². The maximum atomic E-state index is 12.5. The first-order valence-corrected chi connectivity index (χ1v) is 8.83. The first kappa shape index (κ1) is 18.3. The quantitative estimate of drug-likeness (QED) is 0.875. The maximum absolute atomic E-state index is 12.5. The number of nitrogens with one attached hydrogen (secondary N) is 1. The number of aryl methyl sites for hydroxylation is 1. The van der Waals surface area contributed by atoms with Gasteiger partial charge in [0.2, 0.25) is 11.8 Å². The molecule has 1 N–H and O–H groups in total. The maximum Gasteiger partial charge on any atom is 0.227 e. The molecule has 0 aromatic heterocycles. The summed E-state index contributed by atoms with van der Waals surface area (Å²) in [6.07, 6.45) is 0.208. The number of nitrogens with zero attached hydrogens (tertiary/aromatic N) is 1. The second kappa shape index (κ2) is 7.79. The Morgan fingerprint density at radius 2 is 2.08 bits per heavy atom. The molecule has 3 rings (SSSR count). The summed E-state index contributed by atoms with van der Waals surface area (Å²) in [5, 5.41) is 3.54. The van der Waals surface area contributed by atoms with Gasteiger partial charge in [-0.15, -0.1) is 0 Å². The Kier molecular flexibility index (Phi) is 5.47. The molecule has 0 radical (unpaired) electrons. The van der Waals surface area contributed by atoms with E-state index in [0.717, 1.165) is 22.6 Å². The highest BCUT2D eigenvalue weighted by Crippen LogP contribution is 2.29. The number of ether oxygens (including phenoxy) is 1. The lowest BCUT2D eigenvalue weighted by Crippen LogP contribution is -2.32. The molecule has 2 aromatic carbocycles. The van der Waals surface area contributed by atoms with Crippen LogP contribution in [0.1, 0.15) is 17.5 Å². The average molecular weight is 373 g/mol. The van der Waals surface area contributed by atoms with Gasteiger partial charge in [0.15, 0.2) is 0 Å². The first-order chi connectivity index (χ1) is 12.5. The monoisotopic (exact) mass is 372 g/mol.